The Balaban J connectivity index is 1.75. The van der Waals surface area contributed by atoms with E-state index >= 15 is 0 Å². The van der Waals surface area contributed by atoms with E-state index in [1.165, 1.54) is 9.75 Å². The minimum absolute atomic E-state index is 0.240. The Labute approximate surface area is 112 Å². The van der Waals surface area contributed by atoms with Gasteiger partial charge in [0, 0.05) is 21.7 Å². The van der Waals surface area contributed by atoms with Crippen LogP contribution >= 0.6 is 22.7 Å². The van der Waals surface area contributed by atoms with Crippen LogP contribution in [0.5, 0.6) is 0 Å². The fourth-order valence-corrected chi connectivity index (χ4v) is 3.38. The summed E-state index contributed by atoms with van der Waals surface area (Å²) in [4.78, 5) is 2.92. The summed E-state index contributed by atoms with van der Waals surface area (Å²) in [5.41, 5.74) is 0.240. The molecule has 1 nitrogen and oxygen atoms in total. The highest BCUT2D eigenvalue weighted by molar-refractivity contribution is 7.10. The van der Waals surface area contributed by atoms with Gasteiger partial charge in [-0.2, -0.15) is 0 Å². The van der Waals surface area contributed by atoms with Crippen molar-refractivity contribution >= 4 is 22.7 Å². The molecule has 0 aliphatic heterocycles. The van der Waals surface area contributed by atoms with E-state index in [1.807, 2.05) is 22.7 Å². The third-order valence-corrected chi connectivity index (χ3v) is 5.06. The Kier molecular flexibility index (Phi) is 4.37. The molecule has 0 bridgehead atoms. The SMILES string of the molecule is CC(C)(CNCCc1cccs1)c1cccs1. The molecule has 2 rings (SSSR count). The molecule has 2 heterocycles. The second-order valence-corrected chi connectivity index (χ2v) is 6.85. The van der Waals surface area contributed by atoms with E-state index in [2.05, 4.69) is 54.2 Å². The summed E-state index contributed by atoms with van der Waals surface area (Å²) in [6.45, 7) is 6.71. The minimum Gasteiger partial charge on any atom is -0.315 e. The number of nitrogens with one attached hydrogen (secondary N) is 1. The largest absolute Gasteiger partial charge is 0.315 e. The van der Waals surface area contributed by atoms with E-state index in [-0.39, 0.29) is 5.41 Å². The molecule has 0 unspecified atom stereocenters. The summed E-state index contributed by atoms with van der Waals surface area (Å²) in [5, 5.41) is 7.86. The summed E-state index contributed by atoms with van der Waals surface area (Å²) in [6, 6.07) is 8.69. The van der Waals surface area contributed by atoms with Crippen LogP contribution in [-0.2, 0) is 11.8 Å². The highest BCUT2D eigenvalue weighted by Crippen LogP contribution is 2.26. The summed E-state index contributed by atoms with van der Waals surface area (Å²) in [7, 11) is 0. The average molecular weight is 265 g/mol. The van der Waals surface area contributed by atoms with Crippen molar-refractivity contribution in [3.63, 3.8) is 0 Å². The van der Waals surface area contributed by atoms with Gasteiger partial charge in [-0.15, -0.1) is 22.7 Å². The summed E-state index contributed by atoms with van der Waals surface area (Å²) in [5.74, 6) is 0. The van der Waals surface area contributed by atoms with Crippen molar-refractivity contribution in [2.24, 2.45) is 0 Å². The van der Waals surface area contributed by atoms with Crippen molar-refractivity contribution < 1.29 is 0 Å². The fraction of sp³-hybridized carbons (Fsp3) is 0.429. The molecule has 0 radical (unpaired) electrons. The number of hydrogen-bond donors (Lipinski definition) is 1. The molecule has 92 valence electrons. The van der Waals surface area contributed by atoms with Gasteiger partial charge in [-0.05, 0) is 35.9 Å². The molecule has 2 aromatic rings. The third kappa shape index (κ3) is 3.66. The first-order chi connectivity index (χ1) is 8.18. The fourth-order valence-electron chi connectivity index (χ4n) is 1.82. The smallest absolute Gasteiger partial charge is 0.0115 e. The average Bonchev–Trinajstić information content (AvgIpc) is 2.97. The number of hydrogen-bond acceptors (Lipinski definition) is 3. The molecular weight excluding hydrogens is 246 g/mol. The first-order valence-corrected chi connectivity index (χ1v) is 7.71. The second kappa shape index (κ2) is 5.80. The van der Waals surface area contributed by atoms with E-state index in [1.54, 1.807) is 0 Å². The Morgan fingerprint density at radius 1 is 1.12 bits per heavy atom. The maximum absolute atomic E-state index is 3.57. The molecule has 0 aromatic carbocycles. The van der Waals surface area contributed by atoms with Crippen LogP contribution in [0.1, 0.15) is 23.6 Å². The predicted octanol–water partition coefficient (Wildman–Crippen LogP) is 3.92. The lowest BCUT2D eigenvalue weighted by Gasteiger charge is -2.23. The van der Waals surface area contributed by atoms with Crippen LogP contribution in [0.3, 0.4) is 0 Å². The van der Waals surface area contributed by atoms with Crippen LogP contribution < -0.4 is 5.32 Å². The summed E-state index contributed by atoms with van der Waals surface area (Å²) in [6.07, 6.45) is 1.14. The number of rotatable bonds is 6. The lowest BCUT2D eigenvalue weighted by molar-refractivity contribution is 0.480. The van der Waals surface area contributed by atoms with Crippen molar-refractivity contribution in [2.45, 2.75) is 25.7 Å². The van der Waals surface area contributed by atoms with Crippen molar-refractivity contribution in [2.75, 3.05) is 13.1 Å². The Morgan fingerprint density at radius 2 is 1.88 bits per heavy atom. The zero-order chi connectivity index (χ0) is 12.1. The Hall–Kier alpha value is -0.640. The van der Waals surface area contributed by atoms with Crippen molar-refractivity contribution in [1.29, 1.82) is 0 Å². The molecular formula is C14H19NS2. The maximum Gasteiger partial charge on any atom is 0.0115 e. The topological polar surface area (TPSA) is 12.0 Å². The second-order valence-electron chi connectivity index (χ2n) is 4.87. The normalized spacial score (nSPS) is 11.9. The molecule has 0 amide bonds. The molecule has 0 spiro atoms. The molecule has 3 heteroatoms. The maximum atomic E-state index is 3.57. The zero-order valence-corrected chi connectivity index (χ0v) is 12.0. The predicted molar refractivity (Wildman–Crippen MR) is 78.2 cm³/mol. The van der Waals surface area contributed by atoms with Crippen molar-refractivity contribution in [3.05, 3.63) is 44.8 Å². The van der Waals surface area contributed by atoms with E-state index in [0.29, 0.717) is 0 Å². The molecule has 17 heavy (non-hydrogen) atoms. The first kappa shape index (κ1) is 12.8. The van der Waals surface area contributed by atoms with Crippen LogP contribution in [0, 0.1) is 0 Å². The van der Waals surface area contributed by atoms with Crippen molar-refractivity contribution in [3.8, 4) is 0 Å². The van der Waals surface area contributed by atoms with Gasteiger partial charge in [0.2, 0.25) is 0 Å². The standard InChI is InChI=1S/C14H19NS2/c1-14(2,13-6-4-10-17-13)11-15-8-7-12-5-3-9-16-12/h3-6,9-10,15H,7-8,11H2,1-2H3. The quantitative estimate of drug-likeness (QED) is 0.781. The van der Waals surface area contributed by atoms with Gasteiger partial charge in [0.25, 0.3) is 0 Å². The van der Waals surface area contributed by atoms with E-state index in [9.17, 15) is 0 Å². The van der Waals surface area contributed by atoms with Crippen LogP contribution in [0.2, 0.25) is 0 Å². The van der Waals surface area contributed by atoms with E-state index < -0.39 is 0 Å². The van der Waals surface area contributed by atoms with Gasteiger partial charge in [0.15, 0.2) is 0 Å². The van der Waals surface area contributed by atoms with Crippen molar-refractivity contribution in [1.82, 2.24) is 5.32 Å². The van der Waals surface area contributed by atoms with E-state index in [0.717, 1.165) is 19.5 Å². The number of thiophene rings is 2. The lowest BCUT2D eigenvalue weighted by Crippen LogP contribution is -2.33. The molecule has 0 saturated heterocycles. The van der Waals surface area contributed by atoms with Crippen LogP contribution in [-0.4, -0.2) is 13.1 Å². The van der Waals surface area contributed by atoms with Gasteiger partial charge < -0.3 is 5.32 Å². The zero-order valence-electron chi connectivity index (χ0n) is 10.4. The lowest BCUT2D eigenvalue weighted by atomic mass is 9.91. The molecule has 0 fully saturated rings. The molecule has 0 saturated carbocycles. The molecule has 0 aliphatic carbocycles. The highest BCUT2D eigenvalue weighted by Gasteiger charge is 2.20. The van der Waals surface area contributed by atoms with Gasteiger partial charge in [-0.3, -0.25) is 0 Å². The molecule has 0 aliphatic rings. The van der Waals surface area contributed by atoms with Crippen LogP contribution in [0.15, 0.2) is 35.0 Å². The monoisotopic (exact) mass is 265 g/mol. The van der Waals surface area contributed by atoms with Gasteiger partial charge >= 0.3 is 0 Å². The molecule has 0 atom stereocenters. The van der Waals surface area contributed by atoms with Gasteiger partial charge in [0.05, 0.1) is 0 Å². The highest BCUT2D eigenvalue weighted by atomic mass is 32.1. The first-order valence-electron chi connectivity index (χ1n) is 5.95. The van der Waals surface area contributed by atoms with Gasteiger partial charge in [-0.1, -0.05) is 26.0 Å². The van der Waals surface area contributed by atoms with Gasteiger partial charge in [0.1, 0.15) is 0 Å². The molecule has 2 aromatic heterocycles. The Bertz CT molecular complexity index is 415. The van der Waals surface area contributed by atoms with E-state index in [4.69, 9.17) is 0 Å². The van der Waals surface area contributed by atoms with Gasteiger partial charge in [-0.25, -0.2) is 0 Å². The Morgan fingerprint density at radius 3 is 2.53 bits per heavy atom. The summed E-state index contributed by atoms with van der Waals surface area (Å²) >= 11 is 3.69. The van der Waals surface area contributed by atoms with Crippen LogP contribution in [0.25, 0.3) is 0 Å². The molecule has 1 N–H and O–H groups in total. The summed E-state index contributed by atoms with van der Waals surface area (Å²) < 4.78 is 0. The minimum atomic E-state index is 0.240. The third-order valence-electron chi connectivity index (χ3n) is 2.88. The van der Waals surface area contributed by atoms with Crippen LogP contribution in [0.4, 0.5) is 0 Å².